The van der Waals surface area contributed by atoms with Gasteiger partial charge in [-0.1, -0.05) is 47.5 Å². The van der Waals surface area contributed by atoms with Crippen molar-refractivity contribution in [2.75, 3.05) is 0 Å². The molecule has 4 aromatic rings. The van der Waals surface area contributed by atoms with Crippen LogP contribution in [0.1, 0.15) is 59.5 Å². The smallest absolute Gasteiger partial charge is 0.127 e. The number of aromatic hydroxyl groups is 2. The molecule has 8 heteroatoms. The van der Waals surface area contributed by atoms with Crippen molar-refractivity contribution in [3.05, 3.63) is 117 Å². The third-order valence-corrected chi connectivity index (χ3v) is 7.03. The SMILES string of the molecule is Oc1ccc2c(c1)C(O)CC(c1cccc(Cl)c1)O2.Oc1ccc2c(c1)C(O)CC(c1cccc(Cl)c1)O2. The molecule has 6 nitrogen and oxygen atoms in total. The second-order valence-electron chi connectivity index (χ2n) is 9.27. The highest BCUT2D eigenvalue weighted by Gasteiger charge is 2.29. The van der Waals surface area contributed by atoms with Gasteiger partial charge in [0.05, 0.1) is 12.2 Å². The van der Waals surface area contributed by atoms with Gasteiger partial charge >= 0.3 is 0 Å². The van der Waals surface area contributed by atoms with E-state index in [2.05, 4.69) is 0 Å². The molecule has 2 heterocycles. The van der Waals surface area contributed by atoms with E-state index in [9.17, 15) is 20.4 Å². The lowest BCUT2D eigenvalue weighted by atomic mass is 9.95. The van der Waals surface area contributed by atoms with Gasteiger partial charge in [0.25, 0.3) is 0 Å². The van der Waals surface area contributed by atoms with Crippen LogP contribution in [0.15, 0.2) is 84.9 Å². The highest BCUT2D eigenvalue weighted by Crippen LogP contribution is 2.43. The van der Waals surface area contributed by atoms with Gasteiger partial charge in [0.1, 0.15) is 35.2 Å². The van der Waals surface area contributed by atoms with Crippen LogP contribution in [0.2, 0.25) is 10.0 Å². The topological polar surface area (TPSA) is 99.4 Å². The number of aliphatic hydroxyl groups excluding tert-OH is 2. The number of benzene rings is 4. The molecule has 0 saturated carbocycles. The van der Waals surface area contributed by atoms with Crippen LogP contribution in [0, 0.1) is 0 Å². The van der Waals surface area contributed by atoms with E-state index in [1.54, 1.807) is 36.4 Å². The van der Waals surface area contributed by atoms with Crippen LogP contribution in [0.3, 0.4) is 0 Å². The molecule has 4 aromatic carbocycles. The molecule has 4 N–H and O–H groups in total. The molecule has 0 aliphatic carbocycles. The summed E-state index contributed by atoms with van der Waals surface area (Å²) in [5.74, 6) is 1.45. The number of hydrogen-bond acceptors (Lipinski definition) is 6. The number of phenolic OH excluding ortho intramolecular Hbond substituents is 2. The first-order valence-electron chi connectivity index (χ1n) is 12.1. The minimum absolute atomic E-state index is 0.127. The number of fused-ring (bicyclic) bond motifs is 2. The van der Waals surface area contributed by atoms with Gasteiger partial charge in [0.15, 0.2) is 0 Å². The van der Waals surface area contributed by atoms with Crippen molar-refractivity contribution in [2.45, 2.75) is 37.3 Å². The van der Waals surface area contributed by atoms with Gasteiger partial charge in [0.2, 0.25) is 0 Å². The Bertz CT molecular complexity index is 1330. The molecule has 4 unspecified atom stereocenters. The molecule has 6 rings (SSSR count). The average Bonchev–Trinajstić information content (AvgIpc) is 2.90. The van der Waals surface area contributed by atoms with Crippen LogP contribution in [0.4, 0.5) is 0 Å². The predicted octanol–water partition coefficient (Wildman–Crippen LogP) is 7.21. The third kappa shape index (κ3) is 5.84. The van der Waals surface area contributed by atoms with Crippen LogP contribution in [0.5, 0.6) is 23.0 Å². The zero-order valence-electron chi connectivity index (χ0n) is 20.2. The molecule has 38 heavy (non-hydrogen) atoms. The molecule has 4 atom stereocenters. The molecule has 196 valence electrons. The van der Waals surface area contributed by atoms with Crippen molar-refractivity contribution >= 4 is 23.2 Å². The second-order valence-corrected chi connectivity index (χ2v) is 10.1. The van der Waals surface area contributed by atoms with E-state index in [-0.39, 0.29) is 23.7 Å². The fraction of sp³-hybridized carbons (Fsp3) is 0.200. The van der Waals surface area contributed by atoms with Crippen LogP contribution < -0.4 is 9.47 Å². The Labute approximate surface area is 230 Å². The van der Waals surface area contributed by atoms with Crippen LogP contribution >= 0.6 is 23.2 Å². The minimum atomic E-state index is -0.653. The lowest BCUT2D eigenvalue weighted by Crippen LogP contribution is -2.18. The maximum absolute atomic E-state index is 10.2. The van der Waals surface area contributed by atoms with Crippen molar-refractivity contribution in [3.8, 4) is 23.0 Å². The van der Waals surface area contributed by atoms with Gasteiger partial charge in [-0.2, -0.15) is 0 Å². The van der Waals surface area contributed by atoms with Gasteiger partial charge in [-0.25, -0.2) is 0 Å². The summed E-state index contributed by atoms with van der Waals surface area (Å²) in [6.45, 7) is 0. The van der Waals surface area contributed by atoms with E-state index in [0.717, 1.165) is 11.1 Å². The zero-order chi connectivity index (χ0) is 26.8. The molecule has 0 fully saturated rings. The summed E-state index contributed by atoms with van der Waals surface area (Å²) in [7, 11) is 0. The first-order chi connectivity index (χ1) is 18.3. The lowest BCUT2D eigenvalue weighted by molar-refractivity contribution is 0.0651. The largest absolute Gasteiger partial charge is 0.508 e. The molecule has 0 aromatic heterocycles. The number of ether oxygens (including phenoxy) is 2. The number of rotatable bonds is 2. The van der Waals surface area contributed by atoms with Crippen LogP contribution in [0.25, 0.3) is 0 Å². The fourth-order valence-electron chi connectivity index (χ4n) is 4.69. The normalized spacial score (nSPS) is 21.6. The van der Waals surface area contributed by atoms with Crippen molar-refractivity contribution in [2.24, 2.45) is 0 Å². The fourth-order valence-corrected chi connectivity index (χ4v) is 5.09. The number of halogens is 2. The molecule has 2 aliphatic rings. The van der Waals surface area contributed by atoms with Gasteiger partial charge in [-0.15, -0.1) is 0 Å². The van der Waals surface area contributed by atoms with E-state index in [1.165, 1.54) is 12.1 Å². The molecule has 0 saturated heterocycles. The summed E-state index contributed by atoms with van der Waals surface area (Å²) in [5, 5.41) is 40.5. The summed E-state index contributed by atoms with van der Waals surface area (Å²) in [6, 6.07) is 24.4. The van der Waals surface area contributed by atoms with Crippen molar-refractivity contribution in [1.82, 2.24) is 0 Å². The Morgan fingerprint density at radius 3 is 1.39 bits per heavy atom. The second kappa shape index (κ2) is 11.1. The minimum Gasteiger partial charge on any atom is -0.508 e. The summed E-state index contributed by atoms with van der Waals surface area (Å²) in [6.07, 6.45) is -0.885. The Kier molecular flexibility index (Phi) is 7.68. The molecule has 2 aliphatic heterocycles. The van der Waals surface area contributed by atoms with Crippen LogP contribution in [-0.2, 0) is 0 Å². The third-order valence-electron chi connectivity index (χ3n) is 6.56. The van der Waals surface area contributed by atoms with Crippen molar-refractivity contribution < 1.29 is 29.9 Å². The first-order valence-corrected chi connectivity index (χ1v) is 12.9. The molecular weight excluding hydrogens is 527 g/mol. The Hall–Kier alpha value is -3.42. The lowest BCUT2D eigenvalue weighted by Gasteiger charge is -2.30. The van der Waals surface area contributed by atoms with E-state index in [4.69, 9.17) is 32.7 Å². The summed E-state index contributed by atoms with van der Waals surface area (Å²) in [4.78, 5) is 0. The highest BCUT2D eigenvalue weighted by atomic mass is 35.5. The van der Waals surface area contributed by atoms with Gasteiger partial charge in [-0.3, -0.25) is 0 Å². The highest BCUT2D eigenvalue weighted by molar-refractivity contribution is 6.30. The van der Waals surface area contributed by atoms with Crippen LogP contribution in [-0.4, -0.2) is 20.4 Å². The molecule has 0 radical (unpaired) electrons. The maximum Gasteiger partial charge on any atom is 0.127 e. The van der Waals surface area contributed by atoms with Gasteiger partial charge in [-0.05, 0) is 71.8 Å². The molecule has 0 spiro atoms. The number of aliphatic hydroxyl groups is 2. The Morgan fingerprint density at radius 1 is 0.579 bits per heavy atom. The number of hydrogen-bond donors (Lipinski definition) is 4. The van der Waals surface area contributed by atoms with E-state index in [0.29, 0.717) is 45.5 Å². The van der Waals surface area contributed by atoms with Gasteiger partial charge in [0, 0.05) is 34.0 Å². The van der Waals surface area contributed by atoms with E-state index >= 15 is 0 Å². The van der Waals surface area contributed by atoms with Gasteiger partial charge < -0.3 is 29.9 Å². The molecular formula is C30H26Cl2O6. The Balaban J connectivity index is 0.000000155. The monoisotopic (exact) mass is 552 g/mol. The Morgan fingerprint density at radius 2 is 1.00 bits per heavy atom. The summed E-state index contributed by atoms with van der Waals surface area (Å²) >= 11 is 11.9. The standard InChI is InChI=1S/2C15H13ClO3/c2*16-10-3-1-2-9(6-10)15-8-13(18)12-7-11(17)4-5-14(12)19-15/h2*1-7,13,15,17-18H,8H2. The van der Waals surface area contributed by atoms with Crippen molar-refractivity contribution in [3.63, 3.8) is 0 Å². The van der Waals surface area contributed by atoms with E-state index < -0.39 is 12.2 Å². The average molecular weight is 553 g/mol. The van der Waals surface area contributed by atoms with E-state index in [1.807, 2.05) is 36.4 Å². The molecule has 0 amide bonds. The summed E-state index contributed by atoms with van der Waals surface area (Å²) in [5.41, 5.74) is 3.12. The summed E-state index contributed by atoms with van der Waals surface area (Å²) < 4.78 is 11.7. The quantitative estimate of drug-likeness (QED) is 0.210. The first kappa shape index (κ1) is 26.2. The van der Waals surface area contributed by atoms with Crippen molar-refractivity contribution in [1.29, 1.82) is 0 Å². The zero-order valence-corrected chi connectivity index (χ0v) is 21.7. The predicted molar refractivity (Wildman–Crippen MR) is 145 cm³/mol. The maximum atomic E-state index is 10.2. The molecule has 0 bridgehead atoms. The number of phenols is 2.